The van der Waals surface area contributed by atoms with Gasteiger partial charge >= 0.3 is 0 Å². The second-order valence-corrected chi connectivity index (χ2v) is 6.15. The molecule has 0 aliphatic rings. The maximum Gasteiger partial charge on any atom is 0.279 e. The molecular formula is C19H12N2OS. The summed E-state index contributed by atoms with van der Waals surface area (Å²) in [5.74, 6) is 0. The molecule has 2 heterocycles. The van der Waals surface area contributed by atoms with Crippen LogP contribution in [0.1, 0.15) is 0 Å². The van der Waals surface area contributed by atoms with Crippen LogP contribution in [0.4, 0.5) is 0 Å². The fourth-order valence-electron chi connectivity index (χ4n) is 2.48. The average molecular weight is 316 g/mol. The summed E-state index contributed by atoms with van der Waals surface area (Å²) < 4.78 is 0.925. The SMILES string of the molecule is O=c1nc(-c2cc(-c3ccccc3)ccn2)sc2ccccc12. The molecule has 2 aromatic heterocycles. The van der Waals surface area contributed by atoms with Gasteiger partial charge in [0.15, 0.2) is 0 Å². The molecule has 0 aliphatic heterocycles. The summed E-state index contributed by atoms with van der Waals surface area (Å²) in [7, 11) is 0. The normalized spacial score (nSPS) is 10.8. The number of nitrogens with zero attached hydrogens (tertiary/aromatic N) is 2. The van der Waals surface area contributed by atoms with E-state index in [1.54, 1.807) is 12.3 Å². The van der Waals surface area contributed by atoms with Crippen LogP contribution in [0.3, 0.4) is 0 Å². The van der Waals surface area contributed by atoms with Gasteiger partial charge in [-0.2, -0.15) is 4.98 Å². The number of pyridine rings is 1. The quantitative estimate of drug-likeness (QED) is 0.551. The minimum atomic E-state index is -0.207. The van der Waals surface area contributed by atoms with Crippen LogP contribution in [0.25, 0.3) is 31.9 Å². The molecule has 110 valence electrons. The third-order valence-electron chi connectivity index (χ3n) is 3.61. The molecule has 0 amide bonds. The Kier molecular flexibility index (Phi) is 3.44. The number of benzene rings is 2. The minimum absolute atomic E-state index is 0.207. The molecule has 0 spiro atoms. The first-order valence-corrected chi connectivity index (χ1v) is 8.05. The first kappa shape index (κ1) is 13.8. The third-order valence-corrected chi connectivity index (χ3v) is 4.68. The monoisotopic (exact) mass is 316 g/mol. The van der Waals surface area contributed by atoms with Crippen LogP contribution >= 0.6 is 11.3 Å². The Labute approximate surface area is 136 Å². The van der Waals surface area contributed by atoms with E-state index in [0.29, 0.717) is 10.4 Å². The van der Waals surface area contributed by atoms with Crippen LogP contribution < -0.4 is 5.56 Å². The van der Waals surface area contributed by atoms with E-state index in [1.165, 1.54) is 11.3 Å². The summed E-state index contributed by atoms with van der Waals surface area (Å²) in [6.07, 6.45) is 1.76. The van der Waals surface area contributed by atoms with Gasteiger partial charge in [0.05, 0.1) is 11.1 Å². The van der Waals surface area contributed by atoms with Crippen LogP contribution in [0, 0.1) is 0 Å². The van der Waals surface area contributed by atoms with Gasteiger partial charge in [0, 0.05) is 10.9 Å². The van der Waals surface area contributed by atoms with Crippen LogP contribution in [0.5, 0.6) is 0 Å². The van der Waals surface area contributed by atoms with Crippen molar-refractivity contribution in [1.82, 2.24) is 9.97 Å². The van der Waals surface area contributed by atoms with Crippen molar-refractivity contribution in [2.24, 2.45) is 0 Å². The van der Waals surface area contributed by atoms with Gasteiger partial charge in [-0.15, -0.1) is 11.3 Å². The van der Waals surface area contributed by atoms with Gasteiger partial charge in [0.25, 0.3) is 5.56 Å². The maximum absolute atomic E-state index is 12.2. The summed E-state index contributed by atoms with van der Waals surface area (Å²) in [6.45, 7) is 0. The zero-order chi connectivity index (χ0) is 15.6. The first-order chi connectivity index (χ1) is 11.3. The Morgan fingerprint density at radius 2 is 1.61 bits per heavy atom. The lowest BCUT2D eigenvalue weighted by molar-refractivity contribution is 1.25. The molecule has 2 aromatic carbocycles. The fourth-order valence-corrected chi connectivity index (χ4v) is 3.44. The summed E-state index contributed by atoms with van der Waals surface area (Å²) in [4.78, 5) is 20.8. The Hall–Kier alpha value is -2.85. The number of hydrogen-bond acceptors (Lipinski definition) is 4. The fraction of sp³-hybridized carbons (Fsp3) is 0. The van der Waals surface area contributed by atoms with E-state index < -0.39 is 0 Å². The lowest BCUT2D eigenvalue weighted by Crippen LogP contribution is -2.06. The van der Waals surface area contributed by atoms with Gasteiger partial charge in [-0.1, -0.05) is 42.5 Å². The largest absolute Gasteiger partial charge is 0.279 e. The number of aromatic nitrogens is 2. The molecule has 0 bridgehead atoms. The molecule has 0 unspecified atom stereocenters. The van der Waals surface area contributed by atoms with Crippen molar-refractivity contribution in [1.29, 1.82) is 0 Å². The molecule has 0 N–H and O–H groups in total. The summed E-state index contributed by atoms with van der Waals surface area (Å²) in [5.41, 5.74) is 2.69. The van der Waals surface area contributed by atoms with E-state index in [0.717, 1.165) is 21.5 Å². The van der Waals surface area contributed by atoms with Gasteiger partial charge in [0.2, 0.25) is 0 Å². The molecule has 4 aromatic rings. The number of hydrogen-bond donors (Lipinski definition) is 0. The predicted molar refractivity (Wildman–Crippen MR) is 94.6 cm³/mol. The Balaban J connectivity index is 1.87. The topological polar surface area (TPSA) is 42.9 Å². The van der Waals surface area contributed by atoms with E-state index in [1.807, 2.05) is 48.5 Å². The van der Waals surface area contributed by atoms with Gasteiger partial charge in [-0.25, -0.2) is 0 Å². The van der Waals surface area contributed by atoms with Crippen molar-refractivity contribution in [2.75, 3.05) is 0 Å². The smallest absolute Gasteiger partial charge is 0.267 e. The zero-order valence-electron chi connectivity index (χ0n) is 12.1. The van der Waals surface area contributed by atoms with Crippen molar-refractivity contribution in [2.45, 2.75) is 0 Å². The Bertz CT molecular complexity index is 1040. The molecule has 4 heteroatoms. The van der Waals surface area contributed by atoms with Crippen LogP contribution in [-0.2, 0) is 0 Å². The van der Waals surface area contributed by atoms with E-state index in [4.69, 9.17) is 0 Å². The van der Waals surface area contributed by atoms with Crippen molar-refractivity contribution < 1.29 is 0 Å². The molecule has 0 atom stereocenters. The highest BCUT2D eigenvalue weighted by Gasteiger charge is 2.08. The van der Waals surface area contributed by atoms with E-state index >= 15 is 0 Å². The van der Waals surface area contributed by atoms with Gasteiger partial charge in [-0.05, 0) is 35.4 Å². The second kappa shape index (κ2) is 5.74. The molecule has 0 saturated heterocycles. The third kappa shape index (κ3) is 2.64. The number of fused-ring (bicyclic) bond motifs is 1. The summed E-state index contributed by atoms with van der Waals surface area (Å²) in [6, 6.07) is 21.6. The highest BCUT2D eigenvalue weighted by atomic mass is 32.1. The summed E-state index contributed by atoms with van der Waals surface area (Å²) in [5, 5.41) is 1.30. The molecule has 0 saturated carbocycles. The van der Waals surface area contributed by atoms with Crippen molar-refractivity contribution in [3.63, 3.8) is 0 Å². The molecule has 23 heavy (non-hydrogen) atoms. The zero-order valence-corrected chi connectivity index (χ0v) is 13.0. The van der Waals surface area contributed by atoms with E-state index in [-0.39, 0.29) is 5.56 Å². The number of rotatable bonds is 2. The molecular weight excluding hydrogens is 304 g/mol. The van der Waals surface area contributed by atoms with Gasteiger partial charge in [0.1, 0.15) is 5.01 Å². The lowest BCUT2D eigenvalue weighted by atomic mass is 10.1. The molecule has 3 nitrogen and oxygen atoms in total. The Morgan fingerprint density at radius 3 is 2.48 bits per heavy atom. The van der Waals surface area contributed by atoms with Gasteiger partial charge < -0.3 is 0 Å². The lowest BCUT2D eigenvalue weighted by Gasteiger charge is -2.04. The first-order valence-electron chi connectivity index (χ1n) is 7.23. The molecule has 0 fully saturated rings. The summed E-state index contributed by atoms with van der Waals surface area (Å²) >= 11 is 1.48. The van der Waals surface area contributed by atoms with Crippen molar-refractivity contribution >= 4 is 21.4 Å². The van der Waals surface area contributed by atoms with Crippen LogP contribution in [0.2, 0.25) is 0 Å². The van der Waals surface area contributed by atoms with Crippen molar-refractivity contribution in [3.8, 4) is 21.8 Å². The van der Waals surface area contributed by atoms with Crippen LogP contribution in [0.15, 0.2) is 77.7 Å². The minimum Gasteiger partial charge on any atom is -0.267 e. The average Bonchev–Trinajstić information content (AvgIpc) is 2.62. The molecule has 0 radical (unpaired) electrons. The van der Waals surface area contributed by atoms with Crippen LogP contribution in [-0.4, -0.2) is 9.97 Å². The highest BCUT2D eigenvalue weighted by molar-refractivity contribution is 7.21. The molecule has 0 aliphatic carbocycles. The maximum atomic E-state index is 12.2. The standard InChI is InChI=1S/C19H12N2OS/c22-18-15-8-4-5-9-17(15)23-19(21-18)16-12-14(10-11-20-16)13-6-2-1-3-7-13/h1-12H. The second-order valence-electron chi connectivity index (χ2n) is 5.12. The van der Waals surface area contributed by atoms with Crippen molar-refractivity contribution in [3.05, 3.63) is 83.3 Å². The van der Waals surface area contributed by atoms with E-state index in [9.17, 15) is 4.79 Å². The molecule has 4 rings (SSSR count). The predicted octanol–water partition coefficient (Wildman–Crippen LogP) is 4.39. The Morgan fingerprint density at radius 1 is 0.826 bits per heavy atom. The van der Waals surface area contributed by atoms with E-state index in [2.05, 4.69) is 22.1 Å². The van der Waals surface area contributed by atoms with Gasteiger partial charge in [-0.3, -0.25) is 9.78 Å². The highest BCUT2D eigenvalue weighted by Crippen LogP contribution is 2.27.